The SMILES string of the molecule is CC1(C)CCC(C)(C)C1=Cc1ccccc1. The van der Waals surface area contributed by atoms with Gasteiger partial charge in [-0.2, -0.15) is 0 Å². The van der Waals surface area contributed by atoms with E-state index in [1.807, 2.05) is 0 Å². The van der Waals surface area contributed by atoms with E-state index < -0.39 is 0 Å². The van der Waals surface area contributed by atoms with Gasteiger partial charge in [0.15, 0.2) is 0 Å². The summed E-state index contributed by atoms with van der Waals surface area (Å²) in [5.74, 6) is 0. The zero-order valence-corrected chi connectivity index (χ0v) is 10.9. The lowest BCUT2D eigenvalue weighted by atomic mass is 9.77. The Morgan fingerprint density at radius 2 is 1.38 bits per heavy atom. The highest BCUT2D eigenvalue weighted by atomic mass is 14.5. The van der Waals surface area contributed by atoms with E-state index in [2.05, 4.69) is 64.1 Å². The van der Waals surface area contributed by atoms with Crippen LogP contribution in [0.4, 0.5) is 0 Å². The van der Waals surface area contributed by atoms with E-state index in [1.165, 1.54) is 18.4 Å². The Morgan fingerprint density at radius 1 is 0.875 bits per heavy atom. The second kappa shape index (κ2) is 3.76. The molecule has 0 aliphatic heterocycles. The molecule has 0 heterocycles. The lowest BCUT2D eigenvalue weighted by Crippen LogP contribution is -2.15. The van der Waals surface area contributed by atoms with Crippen LogP contribution in [-0.2, 0) is 0 Å². The topological polar surface area (TPSA) is 0 Å². The molecule has 1 fully saturated rings. The number of hydrogen-bond acceptors (Lipinski definition) is 0. The molecule has 1 aliphatic rings. The molecule has 0 amide bonds. The van der Waals surface area contributed by atoms with Gasteiger partial charge in [0.25, 0.3) is 0 Å². The van der Waals surface area contributed by atoms with Gasteiger partial charge in [0.1, 0.15) is 0 Å². The smallest absolute Gasteiger partial charge is 0.0136 e. The van der Waals surface area contributed by atoms with Crippen molar-refractivity contribution in [1.82, 2.24) is 0 Å². The quantitative estimate of drug-likeness (QED) is 0.622. The van der Waals surface area contributed by atoms with Gasteiger partial charge in [-0.05, 0) is 29.2 Å². The van der Waals surface area contributed by atoms with Gasteiger partial charge in [-0.3, -0.25) is 0 Å². The molecule has 86 valence electrons. The second-order valence-corrected chi connectivity index (χ2v) is 6.24. The molecular formula is C16H22. The largest absolute Gasteiger partial charge is 0.0622 e. The maximum Gasteiger partial charge on any atom is -0.0136 e. The minimum atomic E-state index is 0.360. The van der Waals surface area contributed by atoms with Crippen molar-refractivity contribution in [2.75, 3.05) is 0 Å². The van der Waals surface area contributed by atoms with Crippen LogP contribution in [0.15, 0.2) is 35.9 Å². The Labute approximate surface area is 99.4 Å². The third-order valence-electron chi connectivity index (χ3n) is 3.94. The first kappa shape index (κ1) is 11.4. The number of rotatable bonds is 1. The molecule has 0 heteroatoms. The minimum Gasteiger partial charge on any atom is -0.0622 e. The van der Waals surface area contributed by atoms with Crippen LogP contribution in [0.5, 0.6) is 0 Å². The van der Waals surface area contributed by atoms with Crippen molar-refractivity contribution in [3.05, 3.63) is 41.5 Å². The average molecular weight is 214 g/mol. The molecule has 1 aromatic carbocycles. The molecule has 16 heavy (non-hydrogen) atoms. The summed E-state index contributed by atoms with van der Waals surface area (Å²) in [5.41, 5.74) is 3.66. The normalized spacial score (nSPS) is 22.1. The van der Waals surface area contributed by atoms with Crippen LogP contribution >= 0.6 is 0 Å². The van der Waals surface area contributed by atoms with Crippen LogP contribution in [0.2, 0.25) is 0 Å². The molecule has 1 aromatic rings. The van der Waals surface area contributed by atoms with Gasteiger partial charge in [-0.1, -0.05) is 69.7 Å². The Hall–Kier alpha value is -1.04. The summed E-state index contributed by atoms with van der Waals surface area (Å²) in [7, 11) is 0. The van der Waals surface area contributed by atoms with E-state index in [4.69, 9.17) is 0 Å². The molecule has 0 unspecified atom stereocenters. The monoisotopic (exact) mass is 214 g/mol. The molecule has 2 rings (SSSR count). The van der Waals surface area contributed by atoms with Crippen molar-refractivity contribution in [2.24, 2.45) is 10.8 Å². The van der Waals surface area contributed by atoms with E-state index in [-0.39, 0.29) is 0 Å². The summed E-state index contributed by atoms with van der Waals surface area (Å²) >= 11 is 0. The Balaban J connectivity index is 2.42. The number of allylic oxidation sites excluding steroid dienone is 1. The first-order valence-electron chi connectivity index (χ1n) is 6.20. The predicted octanol–water partition coefficient (Wildman–Crippen LogP) is 4.92. The minimum absolute atomic E-state index is 0.360. The summed E-state index contributed by atoms with van der Waals surface area (Å²) in [6.45, 7) is 9.49. The zero-order valence-electron chi connectivity index (χ0n) is 10.9. The van der Waals surface area contributed by atoms with Crippen molar-refractivity contribution in [3.8, 4) is 0 Å². The number of hydrogen-bond donors (Lipinski definition) is 0. The predicted molar refractivity (Wildman–Crippen MR) is 71.2 cm³/mol. The fourth-order valence-electron chi connectivity index (χ4n) is 2.92. The van der Waals surface area contributed by atoms with E-state index in [0.29, 0.717) is 10.8 Å². The van der Waals surface area contributed by atoms with Crippen LogP contribution in [0, 0.1) is 10.8 Å². The molecule has 0 spiro atoms. The lowest BCUT2D eigenvalue weighted by molar-refractivity contribution is 0.449. The Morgan fingerprint density at radius 3 is 1.88 bits per heavy atom. The Bertz CT molecular complexity index is 375. The molecule has 0 radical (unpaired) electrons. The molecule has 1 saturated carbocycles. The fourth-order valence-corrected chi connectivity index (χ4v) is 2.92. The van der Waals surface area contributed by atoms with E-state index >= 15 is 0 Å². The summed E-state index contributed by atoms with van der Waals surface area (Å²) in [5, 5.41) is 0. The third-order valence-corrected chi connectivity index (χ3v) is 3.94. The molecule has 0 bridgehead atoms. The molecular weight excluding hydrogens is 192 g/mol. The molecule has 0 aromatic heterocycles. The summed E-state index contributed by atoms with van der Waals surface area (Å²) in [4.78, 5) is 0. The van der Waals surface area contributed by atoms with Gasteiger partial charge in [-0.15, -0.1) is 0 Å². The first-order valence-corrected chi connectivity index (χ1v) is 6.20. The molecule has 0 saturated heterocycles. The van der Waals surface area contributed by atoms with Crippen LogP contribution in [-0.4, -0.2) is 0 Å². The van der Waals surface area contributed by atoms with Crippen LogP contribution in [0.1, 0.15) is 46.1 Å². The van der Waals surface area contributed by atoms with Crippen molar-refractivity contribution < 1.29 is 0 Å². The maximum absolute atomic E-state index is 2.40. The van der Waals surface area contributed by atoms with Crippen molar-refractivity contribution in [2.45, 2.75) is 40.5 Å². The summed E-state index contributed by atoms with van der Waals surface area (Å²) < 4.78 is 0. The average Bonchev–Trinajstić information content (AvgIpc) is 2.43. The van der Waals surface area contributed by atoms with Crippen LogP contribution in [0.25, 0.3) is 6.08 Å². The van der Waals surface area contributed by atoms with Crippen LogP contribution in [0.3, 0.4) is 0 Å². The second-order valence-electron chi connectivity index (χ2n) is 6.24. The maximum atomic E-state index is 2.40. The zero-order chi connectivity index (χ0) is 11.8. The van der Waals surface area contributed by atoms with Gasteiger partial charge in [-0.25, -0.2) is 0 Å². The van der Waals surface area contributed by atoms with Gasteiger partial charge < -0.3 is 0 Å². The summed E-state index contributed by atoms with van der Waals surface area (Å²) in [6, 6.07) is 10.7. The Kier molecular flexibility index (Phi) is 2.69. The van der Waals surface area contributed by atoms with Gasteiger partial charge in [0, 0.05) is 0 Å². The lowest BCUT2D eigenvalue weighted by Gasteiger charge is -2.28. The third kappa shape index (κ3) is 2.07. The highest BCUT2D eigenvalue weighted by Gasteiger charge is 2.41. The first-order chi connectivity index (χ1) is 7.42. The van der Waals surface area contributed by atoms with Crippen molar-refractivity contribution >= 4 is 6.08 Å². The van der Waals surface area contributed by atoms with Gasteiger partial charge in [0.05, 0.1) is 0 Å². The van der Waals surface area contributed by atoms with Crippen LogP contribution < -0.4 is 0 Å². The highest BCUT2D eigenvalue weighted by Crippen LogP contribution is 2.53. The summed E-state index contributed by atoms with van der Waals surface area (Å²) in [6.07, 6.45) is 5.00. The number of benzene rings is 1. The van der Waals surface area contributed by atoms with E-state index in [0.717, 1.165) is 0 Å². The van der Waals surface area contributed by atoms with E-state index in [1.54, 1.807) is 5.57 Å². The van der Waals surface area contributed by atoms with Crippen molar-refractivity contribution in [1.29, 1.82) is 0 Å². The standard InChI is InChI=1S/C16H22/c1-15(2)10-11-16(3,4)14(15)12-13-8-6-5-7-9-13/h5-9,12H,10-11H2,1-4H3. The van der Waals surface area contributed by atoms with Gasteiger partial charge in [0.2, 0.25) is 0 Å². The molecule has 0 N–H and O–H groups in total. The molecule has 0 atom stereocenters. The van der Waals surface area contributed by atoms with Crippen molar-refractivity contribution in [3.63, 3.8) is 0 Å². The fraction of sp³-hybridized carbons (Fsp3) is 0.500. The van der Waals surface area contributed by atoms with E-state index in [9.17, 15) is 0 Å². The van der Waals surface area contributed by atoms with Gasteiger partial charge >= 0.3 is 0 Å². The molecule has 1 aliphatic carbocycles. The highest BCUT2D eigenvalue weighted by molar-refractivity contribution is 5.56. The molecule has 0 nitrogen and oxygen atoms in total.